The molecule has 1 N–H and O–H groups in total. The van der Waals surface area contributed by atoms with Crippen LogP contribution in [0, 0.1) is 19.7 Å². The van der Waals surface area contributed by atoms with E-state index in [1.165, 1.54) is 17.0 Å². The Morgan fingerprint density at radius 2 is 2.00 bits per heavy atom. The maximum atomic E-state index is 13.2. The van der Waals surface area contributed by atoms with Crippen molar-refractivity contribution in [3.05, 3.63) is 50.2 Å². The second-order valence-corrected chi connectivity index (χ2v) is 6.76. The van der Waals surface area contributed by atoms with Crippen LogP contribution in [0.2, 0.25) is 5.02 Å². The Labute approximate surface area is 128 Å². The van der Waals surface area contributed by atoms with Gasteiger partial charge in [-0.05, 0) is 45.4 Å². The van der Waals surface area contributed by atoms with Crippen LogP contribution in [0.25, 0.3) is 0 Å². The van der Waals surface area contributed by atoms with Crippen LogP contribution in [0.15, 0.2) is 18.2 Å². The van der Waals surface area contributed by atoms with Gasteiger partial charge >= 0.3 is 0 Å². The second-order valence-electron chi connectivity index (χ2n) is 5.11. The molecule has 0 bridgehead atoms. The average Bonchev–Trinajstić information content (AvgIpc) is 2.67. The van der Waals surface area contributed by atoms with Crippen molar-refractivity contribution >= 4 is 22.9 Å². The van der Waals surface area contributed by atoms with Crippen molar-refractivity contribution < 1.29 is 4.39 Å². The fourth-order valence-corrected chi connectivity index (χ4v) is 3.26. The van der Waals surface area contributed by atoms with E-state index < -0.39 is 0 Å². The molecule has 2 aromatic rings. The highest BCUT2D eigenvalue weighted by molar-refractivity contribution is 7.11. The zero-order valence-corrected chi connectivity index (χ0v) is 13.6. The number of nitrogens with one attached hydrogen (secondary N) is 1. The molecule has 2 nitrogen and oxygen atoms in total. The quantitative estimate of drug-likeness (QED) is 0.889. The number of aryl methyl sites for hydroxylation is 2. The number of thiazole rings is 1. The summed E-state index contributed by atoms with van der Waals surface area (Å²) in [5, 5.41) is 4.84. The molecule has 0 fully saturated rings. The van der Waals surface area contributed by atoms with Gasteiger partial charge in [-0.1, -0.05) is 17.7 Å². The van der Waals surface area contributed by atoms with Gasteiger partial charge in [0.2, 0.25) is 0 Å². The molecular weight excluding hydrogens is 295 g/mol. The van der Waals surface area contributed by atoms with E-state index in [9.17, 15) is 4.39 Å². The van der Waals surface area contributed by atoms with Gasteiger partial charge in [-0.25, -0.2) is 9.37 Å². The Kier molecular flexibility index (Phi) is 4.78. The molecule has 0 saturated carbocycles. The fourth-order valence-electron chi connectivity index (χ4n) is 1.98. The van der Waals surface area contributed by atoms with Crippen LogP contribution in [-0.2, 0) is 0 Å². The molecule has 1 heterocycles. The Morgan fingerprint density at radius 3 is 2.50 bits per heavy atom. The molecule has 0 saturated heterocycles. The Morgan fingerprint density at radius 1 is 1.30 bits per heavy atom. The average molecular weight is 313 g/mol. The number of hydrogen-bond acceptors (Lipinski definition) is 3. The summed E-state index contributed by atoms with van der Waals surface area (Å²) in [7, 11) is 0. The van der Waals surface area contributed by atoms with E-state index in [2.05, 4.69) is 31.1 Å². The van der Waals surface area contributed by atoms with Crippen LogP contribution in [-0.4, -0.2) is 11.0 Å². The molecule has 1 unspecified atom stereocenters. The molecule has 2 rings (SSSR count). The molecule has 1 atom stereocenters. The first kappa shape index (κ1) is 15.4. The van der Waals surface area contributed by atoms with Gasteiger partial charge in [-0.3, -0.25) is 0 Å². The molecule has 0 aliphatic rings. The standard InChI is InChI=1S/C15H18ClFN2S/c1-8(2)18-14(15-19-9(3)10(4)20-15)12-6-5-11(17)7-13(12)16/h5-8,14,18H,1-4H3. The Balaban J connectivity index is 2.46. The summed E-state index contributed by atoms with van der Waals surface area (Å²) < 4.78 is 13.2. The summed E-state index contributed by atoms with van der Waals surface area (Å²) in [4.78, 5) is 5.80. The van der Waals surface area contributed by atoms with Crippen LogP contribution in [0.5, 0.6) is 0 Å². The normalized spacial score (nSPS) is 12.9. The van der Waals surface area contributed by atoms with Crippen LogP contribution < -0.4 is 5.32 Å². The second kappa shape index (κ2) is 6.20. The van der Waals surface area contributed by atoms with Crippen molar-refractivity contribution in [2.75, 3.05) is 0 Å². The van der Waals surface area contributed by atoms with Gasteiger partial charge in [0.25, 0.3) is 0 Å². The molecule has 20 heavy (non-hydrogen) atoms. The lowest BCUT2D eigenvalue weighted by Gasteiger charge is -2.21. The minimum atomic E-state index is -0.325. The van der Waals surface area contributed by atoms with Gasteiger partial charge in [0.1, 0.15) is 10.8 Å². The van der Waals surface area contributed by atoms with Crippen LogP contribution >= 0.6 is 22.9 Å². The van der Waals surface area contributed by atoms with E-state index in [-0.39, 0.29) is 17.9 Å². The lowest BCUT2D eigenvalue weighted by molar-refractivity contribution is 0.525. The van der Waals surface area contributed by atoms with Crippen molar-refractivity contribution in [1.82, 2.24) is 10.3 Å². The largest absolute Gasteiger partial charge is 0.302 e. The summed E-state index contributed by atoms with van der Waals surface area (Å²) >= 11 is 7.85. The van der Waals surface area contributed by atoms with Crippen molar-refractivity contribution in [2.24, 2.45) is 0 Å². The lowest BCUT2D eigenvalue weighted by atomic mass is 10.1. The van der Waals surface area contributed by atoms with E-state index >= 15 is 0 Å². The molecule has 108 valence electrons. The molecular formula is C15H18ClFN2S. The number of halogens is 2. The Hall–Kier alpha value is -0.970. The zero-order chi connectivity index (χ0) is 14.9. The summed E-state index contributed by atoms with van der Waals surface area (Å²) in [6, 6.07) is 4.66. The van der Waals surface area contributed by atoms with Gasteiger partial charge < -0.3 is 5.32 Å². The minimum Gasteiger partial charge on any atom is -0.302 e. The van der Waals surface area contributed by atoms with Gasteiger partial charge in [-0.2, -0.15) is 0 Å². The van der Waals surface area contributed by atoms with E-state index in [0.717, 1.165) is 16.3 Å². The third-order valence-corrected chi connectivity index (χ3v) is 4.53. The van der Waals surface area contributed by atoms with Crippen LogP contribution in [0.1, 0.15) is 41.0 Å². The predicted molar refractivity (Wildman–Crippen MR) is 83.1 cm³/mol. The SMILES string of the molecule is Cc1nc(C(NC(C)C)c2ccc(F)cc2Cl)sc1C. The predicted octanol–water partition coefficient (Wildman–Crippen LogP) is 4.64. The number of rotatable bonds is 4. The van der Waals surface area contributed by atoms with Gasteiger partial charge in [0, 0.05) is 15.9 Å². The van der Waals surface area contributed by atoms with Gasteiger partial charge in [-0.15, -0.1) is 11.3 Å². The van der Waals surface area contributed by atoms with E-state index in [1.807, 2.05) is 6.92 Å². The van der Waals surface area contributed by atoms with Gasteiger partial charge in [0.15, 0.2) is 0 Å². The highest BCUT2D eigenvalue weighted by Gasteiger charge is 2.22. The maximum Gasteiger partial charge on any atom is 0.124 e. The highest BCUT2D eigenvalue weighted by Crippen LogP contribution is 2.32. The smallest absolute Gasteiger partial charge is 0.124 e. The summed E-state index contributed by atoms with van der Waals surface area (Å²) in [6.07, 6.45) is 0. The first-order valence-corrected chi connectivity index (χ1v) is 7.73. The number of aromatic nitrogens is 1. The monoisotopic (exact) mass is 312 g/mol. The molecule has 0 aliphatic heterocycles. The summed E-state index contributed by atoms with van der Waals surface area (Å²) in [6.45, 7) is 8.18. The van der Waals surface area contributed by atoms with E-state index in [0.29, 0.717) is 5.02 Å². The minimum absolute atomic E-state index is 0.111. The number of nitrogens with zero attached hydrogens (tertiary/aromatic N) is 1. The van der Waals surface area contributed by atoms with Crippen molar-refractivity contribution in [3.8, 4) is 0 Å². The van der Waals surface area contributed by atoms with Crippen molar-refractivity contribution in [2.45, 2.75) is 39.8 Å². The molecule has 1 aromatic carbocycles. The molecule has 0 aliphatic carbocycles. The summed E-state index contributed by atoms with van der Waals surface area (Å²) in [5.41, 5.74) is 1.88. The molecule has 1 aromatic heterocycles. The van der Waals surface area contributed by atoms with Gasteiger partial charge in [0.05, 0.1) is 11.7 Å². The zero-order valence-electron chi connectivity index (χ0n) is 12.0. The molecule has 0 radical (unpaired) electrons. The Bertz CT molecular complexity index is 590. The summed E-state index contributed by atoms with van der Waals surface area (Å²) in [5.74, 6) is -0.325. The van der Waals surface area contributed by atoms with E-state index in [4.69, 9.17) is 11.6 Å². The fraction of sp³-hybridized carbons (Fsp3) is 0.400. The first-order chi connectivity index (χ1) is 9.38. The highest BCUT2D eigenvalue weighted by atomic mass is 35.5. The lowest BCUT2D eigenvalue weighted by Crippen LogP contribution is -2.29. The van der Waals surface area contributed by atoms with Crippen LogP contribution in [0.3, 0.4) is 0 Å². The maximum absolute atomic E-state index is 13.2. The van der Waals surface area contributed by atoms with E-state index in [1.54, 1.807) is 17.4 Å². The van der Waals surface area contributed by atoms with Crippen molar-refractivity contribution in [3.63, 3.8) is 0 Å². The van der Waals surface area contributed by atoms with Crippen LogP contribution in [0.4, 0.5) is 4.39 Å². The molecule has 0 amide bonds. The first-order valence-electron chi connectivity index (χ1n) is 6.53. The third-order valence-electron chi connectivity index (χ3n) is 3.07. The number of benzene rings is 1. The number of hydrogen-bond donors (Lipinski definition) is 1. The third kappa shape index (κ3) is 3.37. The topological polar surface area (TPSA) is 24.9 Å². The van der Waals surface area contributed by atoms with Crippen molar-refractivity contribution in [1.29, 1.82) is 0 Å². The molecule has 0 spiro atoms. The molecule has 5 heteroatoms.